The molecule has 0 rings (SSSR count). The second kappa shape index (κ2) is 37.5. The number of allylic oxidation sites excluding steroid dienone is 10. The largest absolute Gasteiger partial charge is 0.472 e. The molecule has 0 aromatic heterocycles. The SMILES string of the molecule is CC/C=C\C/C=C\C/C=C\C/C=C\C/C=C\CCCCCCCCCCCC(=O)OC(COC(=O)CCCCCCC)COP(=O)(O)OCCN. The maximum Gasteiger partial charge on any atom is 0.472 e. The second-order valence-electron chi connectivity index (χ2n) is 12.8. The van der Waals surface area contributed by atoms with Gasteiger partial charge >= 0.3 is 19.8 Å². The highest BCUT2D eigenvalue weighted by molar-refractivity contribution is 7.47. The monoisotopic (exact) mass is 737 g/mol. The zero-order chi connectivity index (χ0) is 37.5. The van der Waals surface area contributed by atoms with E-state index in [1.54, 1.807) is 0 Å². The van der Waals surface area contributed by atoms with Gasteiger partial charge in [-0.25, -0.2) is 4.57 Å². The van der Waals surface area contributed by atoms with Crippen LogP contribution >= 0.6 is 7.82 Å². The lowest BCUT2D eigenvalue weighted by Gasteiger charge is -2.19. The fourth-order valence-electron chi connectivity index (χ4n) is 5.01. The molecule has 0 saturated carbocycles. The average Bonchev–Trinajstić information content (AvgIpc) is 3.11. The highest BCUT2D eigenvalue weighted by Gasteiger charge is 2.25. The van der Waals surface area contributed by atoms with E-state index in [0.29, 0.717) is 6.42 Å². The van der Waals surface area contributed by atoms with Crippen LogP contribution in [0.5, 0.6) is 0 Å². The van der Waals surface area contributed by atoms with Crippen molar-refractivity contribution in [1.29, 1.82) is 0 Å². The molecule has 2 atom stereocenters. The predicted molar refractivity (Wildman–Crippen MR) is 210 cm³/mol. The second-order valence-corrected chi connectivity index (χ2v) is 14.2. The molecule has 0 fully saturated rings. The zero-order valence-electron chi connectivity index (χ0n) is 32.1. The number of hydrogen-bond acceptors (Lipinski definition) is 8. The highest BCUT2D eigenvalue weighted by Crippen LogP contribution is 2.43. The first-order valence-corrected chi connectivity index (χ1v) is 21.3. The Kier molecular flexibility index (Phi) is 35.8. The Bertz CT molecular complexity index is 1020. The maximum absolute atomic E-state index is 12.5. The normalized spacial score (nSPS) is 14.0. The lowest BCUT2D eigenvalue weighted by Crippen LogP contribution is -2.29. The van der Waals surface area contributed by atoms with Gasteiger partial charge in [-0.1, -0.05) is 145 Å². The number of phosphoric acid groups is 1. The Morgan fingerprint density at radius 1 is 0.608 bits per heavy atom. The van der Waals surface area contributed by atoms with E-state index in [9.17, 15) is 19.0 Å². The molecule has 10 heteroatoms. The minimum absolute atomic E-state index is 0.0502. The lowest BCUT2D eigenvalue weighted by atomic mass is 10.1. The van der Waals surface area contributed by atoms with Crippen LogP contribution in [-0.2, 0) is 32.7 Å². The Hall–Kier alpha value is -2.29. The molecule has 0 aliphatic heterocycles. The topological polar surface area (TPSA) is 134 Å². The summed E-state index contributed by atoms with van der Waals surface area (Å²) in [6.07, 6.45) is 43.0. The molecule has 9 nitrogen and oxygen atoms in total. The number of ether oxygens (including phenoxy) is 2. The Morgan fingerprint density at radius 2 is 1.08 bits per heavy atom. The molecule has 0 spiro atoms. The highest BCUT2D eigenvalue weighted by atomic mass is 31.2. The van der Waals surface area contributed by atoms with Crippen LogP contribution in [0.2, 0.25) is 0 Å². The number of carbonyl (C=O) groups excluding carboxylic acids is 2. The van der Waals surface area contributed by atoms with E-state index in [4.69, 9.17) is 24.3 Å². The van der Waals surface area contributed by atoms with Crippen molar-refractivity contribution in [1.82, 2.24) is 0 Å². The average molecular weight is 738 g/mol. The van der Waals surface area contributed by atoms with Crippen molar-refractivity contribution >= 4 is 19.8 Å². The number of unbranched alkanes of at least 4 members (excludes halogenated alkanes) is 13. The van der Waals surface area contributed by atoms with E-state index in [2.05, 4.69) is 74.6 Å². The van der Waals surface area contributed by atoms with Gasteiger partial charge in [-0.3, -0.25) is 18.6 Å². The molecule has 0 aliphatic carbocycles. The van der Waals surface area contributed by atoms with Gasteiger partial charge in [-0.15, -0.1) is 0 Å². The third-order valence-electron chi connectivity index (χ3n) is 7.92. The Balaban J connectivity index is 4.00. The van der Waals surface area contributed by atoms with Crippen LogP contribution in [0.1, 0.15) is 155 Å². The summed E-state index contributed by atoms with van der Waals surface area (Å²) >= 11 is 0. The fourth-order valence-corrected chi connectivity index (χ4v) is 5.78. The summed E-state index contributed by atoms with van der Waals surface area (Å²) < 4.78 is 32.4. The number of rotatable bonds is 36. The van der Waals surface area contributed by atoms with Crippen molar-refractivity contribution in [3.05, 3.63) is 60.8 Å². The third kappa shape index (κ3) is 37.3. The predicted octanol–water partition coefficient (Wildman–Crippen LogP) is 10.9. The fraction of sp³-hybridized carbons (Fsp3) is 0.707. The van der Waals surface area contributed by atoms with E-state index in [0.717, 1.165) is 89.9 Å². The molecule has 0 radical (unpaired) electrons. The molecule has 0 bridgehead atoms. The van der Waals surface area contributed by atoms with Crippen molar-refractivity contribution in [3.63, 3.8) is 0 Å². The van der Waals surface area contributed by atoms with Gasteiger partial charge in [0.1, 0.15) is 6.61 Å². The summed E-state index contributed by atoms with van der Waals surface area (Å²) in [6.45, 7) is 3.49. The Morgan fingerprint density at radius 3 is 1.61 bits per heavy atom. The molecular formula is C41H72NO8P. The molecule has 3 N–H and O–H groups in total. The van der Waals surface area contributed by atoms with Gasteiger partial charge in [0, 0.05) is 19.4 Å². The molecule has 0 heterocycles. The van der Waals surface area contributed by atoms with Crippen molar-refractivity contribution in [2.45, 2.75) is 161 Å². The van der Waals surface area contributed by atoms with Gasteiger partial charge in [0.15, 0.2) is 6.10 Å². The first kappa shape index (κ1) is 48.7. The van der Waals surface area contributed by atoms with Gasteiger partial charge in [0.05, 0.1) is 13.2 Å². The number of hydrogen-bond donors (Lipinski definition) is 2. The quantitative estimate of drug-likeness (QED) is 0.0279. The van der Waals surface area contributed by atoms with Crippen LogP contribution in [0.15, 0.2) is 60.8 Å². The summed E-state index contributed by atoms with van der Waals surface area (Å²) in [5.41, 5.74) is 5.31. The molecule has 294 valence electrons. The summed E-state index contributed by atoms with van der Waals surface area (Å²) in [5.74, 6) is -0.855. The van der Waals surface area contributed by atoms with Crippen LogP contribution in [0.25, 0.3) is 0 Å². The Labute approximate surface area is 310 Å². The summed E-state index contributed by atoms with van der Waals surface area (Å²) in [7, 11) is -4.37. The zero-order valence-corrected chi connectivity index (χ0v) is 33.0. The van der Waals surface area contributed by atoms with Crippen LogP contribution in [0, 0.1) is 0 Å². The third-order valence-corrected chi connectivity index (χ3v) is 8.90. The first-order chi connectivity index (χ1) is 24.8. The van der Waals surface area contributed by atoms with E-state index in [1.165, 1.54) is 32.1 Å². The van der Waals surface area contributed by atoms with E-state index >= 15 is 0 Å². The van der Waals surface area contributed by atoms with E-state index in [-0.39, 0.29) is 32.6 Å². The van der Waals surface area contributed by atoms with Crippen LogP contribution in [0.3, 0.4) is 0 Å². The van der Waals surface area contributed by atoms with Crippen molar-refractivity contribution in [2.75, 3.05) is 26.4 Å². The standard InChI is InChI=1S/C41H72NO8P/c1-3-5-7-9-10-11-12-13-14-15-16-17-18-19-20-21-22-23-24-25-26-27-28-30-32-34-41(44)50-39(38-49-51(45,46)48-36-35-42)37-47-40(43)33-31-29-8-6-4-2/h5,7,10-11,13-14,16-17,19-20,39H,3-4,6,8-9,12,15,18,21-38,42H2,1-2H3,(H,45,46)/b7-5-,11-10-,14-13-,17-16-,20-19-. The maximum atomic E-state index is 12.5. The van der Waals surface area contributed by atoms with Crippen LogP contribution < -0.4 is 5.73 Å². The molecule has 2 unspecified atom stereocenters. The smallest absolute Gasteiger partial charge is 0.462 e. The minimum Gasteiger partial charge on any atom is -0.462 e. The number of nitrogens with two attached hydrogens (primary N) is 1. The van der Waals surface area contributed by atoms with E-state index in [1.807, 2.05) is 0 Å². The number of phosphoric ester groups is 1. The molecule has 0 saturated heterocycles. The molecule has 0 aromatic rings. The van der Waals surface area contributed by atoms with Crippen LogP contribution in [0.4, 0.5) is 0 Å². The molecule has 0 amide bonds. The van der Waals surface area contributed by atoms with Crippen molar-refractivity contribution < 1.29 is 37.6 Å². The van der Waals surface area contributed by atoms with Crippen molar-refractivity contribution in [3.8, 4) is 0 Å². The summed E-state index contributed by atoms with van der Waals surface area (Å²) in [5, 5.41) is 0. The molecule has 0 aromatic carbocycles. The molecule has 0 aliphatic rings. The number of esters is 2. The van der Waals surface area contributed by atoms with E-state index < -0.39 is 32.5 Å². The van der Waals surface area contributed by atoms with Gasteiger partial charge in [-0.2, -0.15) is 0 Å². The van der Waals surface area contributed by atoms with Gasteiger partial charge in [-0.05, 0) is 57.8 Å². The number of carbonyl (C=O) groups is 2. The van der Waals surface area contributed by atoms with Gasteiger partial charge < -0.3 is 20.1 Å². The van der Waals surface area contributed by atoms with Gasteiger partial charge in [0.25, 0.3) is 0 Å². The lowest BCUT2D eigenvalue weighted by molar-refractivity contribution is -0.161. The van der Waals surface area contributed by atoms with Crippen LogP contribution in [-0.4, -0.2) is 49.3 Å². The minimum atomic E-state index is -4.37. The summed E-state index contributed by atoms with van der Waals surface area (Å²) in [6, 6.07) is 0. The summed E-state index contributed by atoms with van der Waals surface area (Å²) in [4.78, 5) is 34.4. The molecular weight excluding hydrogens is 665 g/mol. The van der Waals surface area contributed by atoms with Crippen molar-refractivity contribution in [2.24, 2.45) is 5.73 Å². The molecule has 51 heavy (non-hydrogen) atoms. The first-order valence-electron chi connectivity index (χ1n) is 19.8. The van der Waals surface area contributed by atoms with Gasteiger partial charge in [0.2, 0.25) is 0 Å².